The van der Waals surface area contributed by atoms with Crippen molar-refractivity contribution >= 4 is 23.6 Å². The van der Waals surface area contributed by atoms with Gasteiger partial charge in [-0.05, 0) is 31.6 Å². The van der Waals surface area contributed by atoms with Gasteiger partial charge in [0.05, 0.1) is 6.04 Å². The van der Waals surface area contributed by atoms with Gasteiger partial charge in [-0.2, -0.15) is 0 Å². The number of hydrogen-bond acceptors (Lipinski definition) is 5. The Hall–Kier alpha value is -3.74. The van der Waals surface area contributed by atoms with Crippen LogP contribution in [0, 0.1) is 0 Å². The molecule has 0 radical (unpaired) electrons. The number of amides is 2. The van der Waals surface area contributed by atoms with Crippen LogP contribution in [0.1, 0.15) is 46.9 Å². The summed E-state index contributed by atoms with van der Waals surface area (Å²) < 4.78 is 5.81. The molecule has 7 heteroatoms. The van der Waals surface area contributed by atoms with Crippen molar-refractivity contribution in [2.24, 2.45) is 0 Å². The molecule has 3 heterocycles. The average Bonchev–Trinajstić information content (AvgIpc) is 3.25. The summed E-state index contributed by atoms with van der Waals surface area (Å²) in [6, 6.07) is 16.6. The van der Waals surface area contributed by atoms with Crippen molar-refractivity contribution in [3.8, 4) is 0 Å². The molecule has 2 aromatic rings. The number of carbonyl (C=O) groups excluding carboxylic acids is 4. The molecule has 2 bridgehead atoms. The molecule has 7 nitrogen and oxygen atoms in total. The van der Waals surface area contributed by atoms with Gasteiger partial charge in [-0.3, -0.25) is 14.4 Å². The Morgan fingerprint density at radius 1 is 1.00 bits per heavy atom. The maximum absolute atomic E-state index is 13.4. The van der Waals surface area contributed by atoms with Gasteiger partial charge in [-0.15, -0.1) is 0 Å². The summed E-state index contributed by atoms with van der Waals surface area (Å²) in [4.78, 5) is 54.3. The molecule has 3 atom stereocenters. The topological polar surface area (TPSA) is 92.8 Å². The molecular weight excluding hydrogens is 420 g/mol. The van der Waals surface area contributed by atoms with E-state index in [1.165, 1.54) is 6.08 Å². The van der Waals surface area contributed by atoms with E-state index >= 15 is 0 Å². The Kier molecular flexibility index (Phi) is 4.92. The summed E-state index contributed by atoms with van der Waals surface area (Å²) in [5, 5.41) is 2.85. The predicted molar refractivity (Wildman–Crippen MR) is 119 cm³/mol. The first-order chi connectivity index (χ1) is 15.8. The first-order valence-corrected chi connectivity index (χ1v) is 11.1. The molecule has 0 aromatic heterocycles. The Labute approximate surface area is 191 Å². The summed E-state index contributed by atoms with van der Waals surface area (Å²) in [7, 11) is 0. The molecule has 3 aliphatic heterocycles. The number of benzene rings is 2. The van der Waals surface area contributed by atoms with Gasteiger partial charge in [-0.25, -0.2) is 4.79 Å². The average molecular weight is 444 g/mol. The largest absolute Gasteiger partial charge is 0.452 e. The monoisotopic (exact) mass is 444 g/mol. The minimum absolute atomic E-state index is 0.0679. The van der Waals surface area contributed by atoms with E-state index in [1.54, 1.807) is 66.4 Å². The summed E-state index contributed by atoms with van der Waals surface area (Å²) in [5.41, 5.74) is -1.70. The van der Waals surface area contributed by atoms with E-state index in [0.29, 0.717) is 36.1 Å². The lowest BCUT2D eigenvalue weighted by atomic mass is 9.67. The van der Waals surface area contributed by atoms with Crippen LogP contribution >= 0.6 is 0 Å². The van der Waals surface area contributed by atoms with Crippen LogP contribution in [0.2, 0.25) is 0 Å². The van der Waals surface area contributed by atoms with Crippen molar-refractivity contribution in [2.75, 3.05) is 6.54 Å². The summed E-state index contributed by atoms with van der Waals surface area (Å²) in [6.07, 6.45) is 2.84. The molecule has 0 unspecified atom stereocenters. The van der Waals surface area contributed by atoms with Crippen molar-refractivity contribution in [3.63, 3.8) is 0 Å². The van der Waals surface area contributed by atoms with Crippen LogP contribution in [-0.4, -0.2) is 52.2 Å². The van der Waals surface area contributed by atoms with Crippen LogP contribution in [0.25, 0.3) is 0 Å². The number of Topliss-reactive ketones (excluding diaryl/α,β-unsaturated/α-hetero) is 1. The van der Waals surface area contributed by atoms with Gasteiger partial charge in [0.25, 0.3) is 5.91 Å². The van der Waals surface area contributed by atoms with Gasteiger partial charge in [0, 0.05) is 36.1 Å². The lowest BCUT2D eigenvalue weighted by Gasteiger charge is -2.55. The number of rotatable bonds is 5. The second kappa shape index (κ2) is 7.69. The molecule has 168 valence electrons. The second-order valence-electron chi connectivity index (χ2n) is 8.97. The third kappa shape index (κ3) is 3.35. The van der Waals surface area contributed by atoms with E-state index in [2.05, 4.69) is 5.32 Å². The highest BCUT2D eigenvalue weighted by Gasteiger charge is 2.64. The Morgan fingerprint density at radius 3 is 2.24 bits per heavy atom. The van der Waals surface area contributed by atoms with Crippen LogP contribution in [0.3, 0.4) is 0 Å². The molecule has 4 aliphatic rings. The van der Waals surface area contributed by atoms with Crippen molar-refractivity contribution in [1.29, 1.82) is 0 Å². The van der Waals surface area contributed by atoms with Crippen LogP contribution < -0.4 is 5.32 Å². The first-order valence-electron chi connectivity index (χ1n) is 11.1. The molecule has 0 spiro atoms. The zero-order valence-electron chi connectivity index (χ0n) is 18.2. The van der Waals surface area contributed by atoms with Gasteiger partial charge in [-0.1, -0.05) is 48.5 Å². The second-order valence-corrected chi connectivity index (χ2v) is 8.97. The highest BCUT2D eigenvalue weighted by molar-refractivity contribution is 6.13. The van der Waals surface area contributed by atoms with Crippen LogP contribution in [0.4, 0.5) is 0 Å². The number of fused-ring (bicyclic) bond motifs is 2. The van der Waals surface area contributed by atoms with Crippen LogP contribution in [-0.2, 0) is 14.3 Å². The normalized spacial score (nSPS) is 28.3. The fraction of sp³-hybridized carbons (Fsp3) is 0.308. The van der Waals surface area contributed by atoms with E-state index in [4.69, 9.17) is 4.74 Å². The maximum Gasteiger partial charge on any atom is 0.339 e. The summed E-state index contributed by atoms with van der Waals surface area (Å²) >= 11 is 0. The molecule has 2 saturated heterocycles. The summed E-state index contributed by atoms with van der Waals surface area (Å²) in [6.45, 7) is 2.19. The molecule has 2 aromatic carbocycles. The van der Waals surface area contributed by atoms with E-state index in [1.807, 2.05) is 6.07 Å². The van der Waals surface area contributed by atoms with Crippen LogP contribution in [0.15, 0.2) is 72.3 Å². The molecule has 6 rings (SSSR count). The van der Waals surface area contributed by atoms with Gasteiger partial charge in [0.1, 0.15) is 5.60 Å². The molecule has 2 amide bonds. The number of nitrogens with zero attached hydrogens (tertiary/aromatic N) is 1. The van der Waals surface area contributed by atoms with Crippen molar-refractivity contribution in [3.05, 3.63) is 83.4 Å². The number of hydrogen-bond donors (Lipinski definition) is 1. The molecular formula is C26H24N2O5. The molecule has 1 aliphatic carbocycles. The van der Waals surface area contributed by atoms with Gasteiger partial charge in [0.2, 0.25) is 5.91 Å². The van der Waals surface area contributed by atoms with Gasteiger partial charge >= 0.3 is 5.97 Å². The smallest absolute Gasteiger partial charge is 0.339 e. The zero-order valence-corrected chi connectivity index (χ0v) is 18.2. The van der Waals surface area contributed by atoms with E-state index in [0.717, 1.165) is 0 Å². The maximum atomic E-state index is 13.4. The Balaban J connectivity index is 1.63. The fourth-order valence-electron chi connectivity index (χ4n) is 5.12. The highest BCUT2D eigenvalue weighted by Crippen LogP contribution is 2.47. The number of likely N-dealkylation sites (tertiary alicyclic amines) is 1. The number of nitrogens with one attached hydrogen (secondary N) is 1. The Bertz CT molecular complexity index is 1180. The zero-order chi connectivity index (χ0) is 23.2. The lowest BCUT2D eigenvalue weighted by molar-refractivity contribution is -0.180. The quantitative estimate of drug-likeness (QED) is 0.565. The number of carbonyl (C=O) groups is 4. The number of ketones is 1. The first kappa shape index (κ1) is 21.1. The van der Waals surface area contributed by atoms with Crippen molar-refractivity contribution in [1.82, 2.24) is 10.2 Å². The summed E-state index contributed by atoms with van der Waals surface area (Å²) in [5.74, 6) is -1.47. The lowest BCUT2D eigenvalue weighted by Crippen LogP contribution is -2.75. The molecule has 33 heavy (non-hydrogen) atoms. The van der Waals surface area contributed by atoms with E-state index in [9.17, 15) is 19.2 Å². The van der Waals surface area contributed by atoms with E-state index in [-0.39, 0.29) is 18.1 Å². The van der Waals surface area contributed by atoms with E-state index < -0.39 is 29.1 Å². The molecule has 2 fully saturated rings. The standard InChI is InChI=1S/C26H24N2O5/c1-25-16-20(28-14-8-13-21(28)29)26(24(32)33-25,27-23(31)18-11-6-3-7-12-18)15-19(25)22(30)17-9-4-2-5-10-17/h2-7,9-12,15,20H,8,13-14,16H2,1H3,(H,27,31)/t20-,25+,26-/m1/s1. The van der Waals surface area contributed by atoms with Crippen molar-refractivity contribution < 1.29 is 23.9 Å². The highest BCUT2D eigenvalue weighted by atomic mass is 16.6. The third-order valence-corrected chi connectivity index (χ3v) is 6.83. The van der Waals surface area contributed by atoms with Gasteiger partial charge < -0.3 is 15.0 Å². The minimum Gasteiger partial charge on any atom is -0.452 e. The Morgan fingerprint density at radius 2 is 1.64 bits per heavy atom. The fourth-order valence-corrected chi connectivity index (χ4v) is 5.12. The van der Waals surface area contributed by atoms with Crippen LogP contribution in [0.5, 0.6) is 0 Å². The third-order valence-electron chi connectivity index (χ3n) is 6.83. The van der Waals surface area contributed by atoms with Gasteiger partial charge in [0.15, 0.2) is 11.3 Å². The predicted octanol–water partition coefficient (Wildman–Crippen LogP) is 2.67. The van der Waals surface area contributed by atoms with Crippen molar-refractivity contribution in [2.45, 2.75) is 43.4 Å². The molecule has 0 saturated carbocycles. The molecule has 1 N–H and O–H groups in total. The number of ether oxygens (including phenoxy) is 1. The SMILES string of the molecule is C[C@]12C[C@@H](N3CCCC3=O)[C@](NC(=O)c3ccccc3)(C=C1C(=O)c1ccccc1)C(=O)O2. The minimum atomic E-state index is -1.65. The number of esters is 1.